The molecule has 0 bridgehead atoms. The van der Waals surface area contributed by atoms with Crippen LogP contribution in [-0.2, 0) is 6.54 Å². The molecule has 2 aromatic heterocycles. The van der Waals surface area contributed by atoms with Crippen LogP contribution < -0.4 is 15.6 Å². The molecular weight excluding hydrogens is 370 g/mol. The first-order valence-corrected chi connectivity index (χ1v) is 8.97. The molecule has 1 aromatic carbocycles. The van der Waals surface area contributed by atoms with Gasteiger partial charge in [0.1, 0.15) is 28.2 Å². The number of piperazine rings is 1. The van der Waals surface area contributed by atoms with E-state index in [1.54, 1.807) is 11.8 Å². The highest BCUT2D eigenvalue weighted by Gasteiger charge is 2.24. The molecule has 7 nitrogen and oxygen atoms in total. The molecule has 9 heteroatoms. The van der Waals surface area contributed by atoms with Crippen molar-refractivity contribution in [3.05, 3.63) is 45.8 Å². The van der Waals surface area contributed by atoms with Crippen LogP contribution in [0.15, 0.2) is 23.1 Å². The minimum absolute atomic E-state index is 0.0166. The molecule has 2 N–H and O–H groups in total. The Hall–Kier alpha value is -3.07. The first-order chi connectivity index (χ1) is 13.4. The lowest BCUT2D eigenvalue weighted by Crippen LogP contribution is -2.44. The summed E-state index contributed by atoms with van der Waals surface area (Å²) in [6.07, 6.45) is 1.20. The number of pyridine rings is 2. The number of carboxylic acid groups (broad SMARTS) is 1. The number of nitrogens with zero attached hydrogens (tertiary/aromatic N) is 3. The average Bonchev–Trinajstić information content (AvgIpc) is 2.68. The smallest absolute Gasteiger partial charge is 0.341 e. The number of nitrogens with one attached hydrogen (secondary N) is 1. The lowest BCUT2D eigenvalue weighted by atomic mass is 10.1. The highest BCUT2D eigenvalue weighted by molar-refractivity contribution is 5.97. The van der Waals surface area contributed by atoms with Crippen molar-refractivity contribution in [2.75, 3.05) is 31.1 Å². The molecule has 1 fully saturated rings. The second-order valence-corrected chi connectivity index (χ2v) is 6.65. The molecular formula is C19H18F2N4O3. The number of aryl methyl sites for hydroxylation is 1. The van der Waals surface area contributed by atoms with E-state index in [0.29, 0.717) is 32.7 Å². The monoisotopic (exact) mass is 388 g/mol. The van der Waals surface area contributed by atoms with Crippen molar-refractivity contribution in [3.8, 4) is 0 Å². The number of carbonyl (C=O) groups is 1. The number of aromatic carboxylic acids is 1. The number of carboxylic acids is 1. The molecule has 3 aromatic rings. The zero-order valence-electron chi connectivity index (χ0n) is 15.1. The molecule has 146 valence electrons. The Kier molecular flexibility index (Phi) is 4.46. The van der Waals surface area contributed by atoms with Gasteiger partial charge in [0.25, 0.3) is 0 Å². The van der Waals surface area contributed by atoms with Crippen LogP contribution >= 0.6 is 0 Å². The summed E-state index contributed by atoms with van der Waals surface area (Å²) in [5.74, 6) is -2.88. The minimum Gasteiger partial charge on any atom is -0.477 e. The SMILES string of the molecule is CCn1cc(C(=O)O)c(=O)c2cc3cc(F)c(N4CCNCC4)c(F)c3nc21. The van der Waals surface area contributed by atoms with Gasteiger partial charge in [-0.15, -0.1) is 0 Å². The Morgan fingerprint density at radius 3 is 2.64 bits per heavy atom. The van der Waals surface area contributed by atoms with Crippen molar-refractivity contribution < 1.29 is 18.7 Å². The van der Waals surface area contributed by atoms with Gasteiger partial charge in [0, 0.05) is 44.3 Å². The third kappa shape index (κ3) is 2.78. The van der Waals surface area contributed by atoms with E-state index in [9.17, 15) is 19.1 Å². The van der Waals surface area contributed by atoms with Gasteiger partial charge in [-0.3, -0.25) is 4.79 Å². The Balaban J connectivity index is 2.04. The highest BCUT2D eigenvalue weighted by Crippen LogP contribution is 2.31. The second-order valence-electron chi connectivity index (χ2n) is 6.65. The molecule has 1 aliphatic rings. The van der Waals surface area contributed by atoms with Crippen molar-refractivity contribution in [2.24, 2.45) is 0 Å². The number of hydrogen-bond donors (Lipinski definition) is 2. The van der Waals surface area contributed by atoms with E-state index in [1.807, 2.05) is 0 Å². The van der Waals surface area contributed by atoms with Gasteiger partial charge in [0.05, 0.1) is 5.39 Å². The van der Waals surface area contributed by atoms with Crippen LogP contribution in [0.4, 0.5) is 14.5 Å². The fourth-order valence-electron chi connectivity index (χ4n) is 3.61. The number of fused-ring (bicyclic) bond motifs is 2. The fraction of sp³-hybridized carbons (Fsp3) is 0.316. The topological polar surface area (TPSA) is 87.5 Å². The Morgan fingerprint density at radius 1 is 1.29 bits per heavy atom. The summed E-state index contributed by atoms with van der Waals surface area (Å²) in [7, 11) is 0. The predicted octanol–water partition coefficient (Wildman–Crippen LogP) is 1.96. The van der Waals surface area contributed by atoms with Gasteiger partial charge in [0.2, 0.25) is 5.43 Å². The van der Waals surface area contributed by atoms with Crippen molar-refractivity contribution in [3.63, 3.8) is 0 Å². The summed E-state index contributed by atoms with van der Waals surface area (Å²) in [4.78, 5) is 29.8. The maximum Gasteiger partial charge on any atom is 0.341 e. The van der Waals surface area contributed by atoms with Gasteiger partial charge >= 0.3 is 5.97 Å². The van der Waals surface area contributed by atoms with Crippen LogP contribution in [-0.4, -0.2) is 46.8 Å². The van der Waals surface area contributed by atoms with Crippen molar-refractivity contribution in [1.29, 1.82) is 0 Å². The molecule has 4 rings (SSSR count). The van der Waals surface area contributed by atoms with Crippen molar-refractivity contribution >= 4 is 33.6 Å². The van der Waals surface area contributed by atoms with E-state index in [2.05, 4.69) is 10.3 Å². The number of rotatable bonds is 3. The number of aromatic nitrogens is 2. The van der Waals surface area contributed by atoms with Gasteiger partial charge in [-0.25, -0.2) is 18.6 Å². The third-order valence-electron chi connectivity index (χ3n) is 5.01. The lowest BCUT2D eigenvalue weighted by molar-refractivity contribution is 0.0695. The molecule has 0 aliphatic carbocycles. The number of anilines is 1. The number of halogens is 2. The highest BCUT2D eigenvalue weighted by atomic mass is 19.1. The first kappa shape index (κ1) is 18.3. The molecule has 0 unspecified atom stereocenters. The summed E-state index contributed by atoms with van der Waals surface area (Å²) >= 11 is 0. The molecule has 0 radical (unpaired) electrons. The predicted molar refractivity (Wildman–Crippen MR) is 101 cm³/mol. The summed E-state index contributed by atoms with van der Waals surface area (Å²) < 4.78 is 31.4. The molecule has 28 heavy (non-hydrogen) atoms. The Morgan fingerprint density at radius 2 is 2.00 bits per heavy atom. The molecule has 0 atom stereocenters. The minimum atomic E-state index is -1.36. The molecule has 1 aliphatic heterocycles. The van der Waals surface area contributed by atoms with Crippen LogP contribution in [0, 0.1) is 11.6 Å². The van der Waals surface area contributed by atoms with Gasteiger partial charge in [-0.1, -0.05) is 0 Å². The molecule has 1 saturated heterocycles. The van der Waals surface area contributed by atoms with Crippen LogP contribution in [0.5, 0.6) is 0 Å². The Labute approximate surface area is 158 Å². The summed E-state index contributed by atoms with van der Waals surface area (Å²) in [5, 5.41) is 12.5. The lowest BCUT2D eigenvalue weighted by Gasteiger charge is -2.30. The molecule has 0 saturated carbocycles. The first-order valence-electron chi connectivity index (χ1n) is 8.97. The summed E-state index contributed by atoms with van der Waals surface area (Å²) in [5.41, 5.74) is -1.15. The van der Waals surface area contributed by atoms with Gasteiger partial charge in [-0.05, 0) is 19.1 Å². The normalized spacial score (nSPS) is 14.8. The zero-order valence-corrected chi connectivity index (χ0v) is 15.1. The standard InChI is InChI=1S/C19H18F2N4O3/c1-2-24-9-12(19(27)28)17(26)11-7-10-8-13(20)16(25-5-3-22-4-6-25)14(21)15(10)23-18(11)24/h7-9,22H,2-6H2,1H3,(H,27,28). The molecule has 0 amide bonds. The number of hydrogen-bond acceptors (Lipinski definition) is 5. The van der Waals surface area contributed by atoms with Crippen LogP contribution in [0.2, 0.25) is 0 Å². The van der Waals surface area contributed by atoms with E-state index in [4.69, 9.17) is 0 Å². The van der Waals surface area contributed by atoms with Crippen LogP contribution in [0.3, 0.4) is 0 Å². The van der Waals surface area contributed by atoms with Crippen LogP contribution in [0.25, 0.3) is 21.9 Å². The maximum atomic E-state index is 15.2. The van der Waals surface area contributed by atoms with E-state index in [1.165, 1.54) is 16.8 Å². The number of benzene rings is 1. The fourth-order valence-corrected chi connectivity index (χ4v) is 3.61. The van der Waals surface area contributed by atoms with Gasteiger partial charge in [0.15, 0.2) is 5.82 Å². The van der Waals surface area contributed by atoms with E-state index < -0.39 is 28.6 Å². The zero-order chi connectivity index (χ0) is 20.0. The average molecular weight is 388 g/mol. The second kappa shape index (κ2) is 6.83. The van der Waals surface area contributed by atoms with E-state index >= 15 is 4.39 Å². The van der Waals surface area contributed by atoms with E-state index in [0.717, 1.165) is 6.07 Å². The maximum absolute atomic E-state index is 15.2. The largest absolute Gasteiger partial charge is 0.477 e. The summed E-state index contributed by atoms with van der Waals surface area (Å²) in [6, 6.07) is 2.46. The van der Waals surface area contributed by atoms with Crippen molar-refractivity contribution in [1.82, 2.24) is 14.9 Å². The van der Waals surface area contributed by atoms with Crippen LogP contribution in [0.1, 0.15) is 17.3 Å². The quantitative estimate of drug-likeness (QED) is 0.667. The third-order valence-corrected chi connectivity index (χ3v) is 5.01. The van der Waals surface area contributed by atoms with Gasteiger partial charge < -0.3 is 19.9 Å². The van der Waals surface area contributed by atoms with E-state index in [-0.39, 0.29) is 27.6 Å². The molecule has 0 spiro atoms. The van der Waals surface area contributed by atoms with Gasteiger partial charge in [-0.2, -0.15) is 0 Å². The summed E-state index contributed by atoms with van der Waals surface area (Å²) in [6.45, 7) is 4.27. The van der Waals surface area contributed by atoms with Crippen molar-refractivity contribution in [2.45, 2.75) is 13.5 Å². The Bertz CT molecular complexity index is 1170. The molecule has 3 heterocycles.